The first-order chi connectivity index (χ1) is 5.24. The Labute approximate surface area is 73.4 Å². The zero-order chi connectivity index (χ0) is 8.27. The van der Waals surface area contributed by atoms with Crippen LogP contribution in [0.25, 0.3) is 0 Å². The van der Waals surface area contributed by atoms with Gasteiger partial charge in [0.05, 0.1) is 11.9 Å². The molecule has 0 aliphatic heterocycles. The average Bonchev–Trinajstić information content (AvgIpc) is 1.95. The van der Waals surface area contributed by atoms with Crippen LogP contribution in [0.2, 0.25) is 10.3 Å². The highest BCUT2D eigenvalue weighted by Crippen LogP contribution is 2.12. The summed E-state index contributed by atoms with van der Waals surface area (Å²) < 4.78 is 0. The Hall–Kier alpha value is -0.670. The molecule has 0 N–H and O–H groups in total. The summed E-state index contributed by atoms with van der Waals surface area (Å²) in [5.74, 6) is 0. The zero-order valence-electron chi connectivity index (χ0n) is 5.42. The number of nitrogens with zero attached hydrogens (tertiary/aromatic N) is 2. The van der Waals surface area contributed by atoms with Gasteiger partial charge in [0, 0.05) is 6.42 Å². The van der Waals surface area contributed by atoms with E-state index in [0.717, 1.165) is 0 Å². The molecule has 58 valence electrons. The molecule has 0 saturated carbocycles. The molecule has 0 unspecified atom stereocenters. The topological polar surface area (TPSA) is 42.9 Å². The van der Waals surface area contributed by atoms with Crippen LogP contribution in [-0.2, 0) is 11.2 Å². The van der Waals surface area contributed by atoms with Gasteiger partial charge in [0.15, 0.2) is 5.15 Å². The van der Waals surface area contributed by atoms with E-state index in [1.165, 1.54) is 6.20 Å². The fourth-order valence-corrected chi connectivity index (χ4v) is 0.981. The first kappa shape index (κ1) is 8.43. The largest absolute Gasteiger partial charge is 0.303 e. The summed E-state index contributed by atoms with van der Waals surface area (Å²) in [6, 6.07) is 0. The van der Waals surface area contributed by atoms with Gasteiger partial charge in [-0.15, -0.1) is 0 Å². The fourth-order valence-electron chi connectivity index (χ4n) is 0.587. The lowest BCUT2D eigenvalue weighted by atomic mass is 10.3. The average molecular weight is 191 g/mol. The highest BCUT2D eigenvalue weighted by atomic mass is 35.5. The van der Waals surface area contributed by atoms with Crippen molar-refractivity contribution in [2.24, 2.45) is 0 Å². The molecule has 0 aliphatic carbocycles. The van der Waals surface area contributed by atoms with E-state index >= 15 is 0 Å². The van der Waals surface area contributed by atoms with E-state index in [1.54, 1.807) is 0 Å². The molecule has 1 rings (SSSR count). The van der Waals surface area contributed by atoms with E-state index in [0.29, 0.717) is 12.0 Å². The third-order valence-electron chi connectivity index (χ3n) is 1.05. The summed E-state index contributed by atoms with van der Waals surface area (Å²) in [5.41, 5.74) is 0.450. The standard InChI is InChI=1S/C6H4Cl2N2O/c7-5-3-9-4(1-2-11)6(8)10-5/h2-3H,1H2. The number of hydrogen-bond donors (Lipinski definition) is 0. The summed E-state index contributed by atoms with van der Waals surface area (Å²) in [6.45, 7) is 0. The summed E-state index contributed by atoms with van der Waals surface area (Å²) in [4.78, 5) is 17.6. The van der Waals surface area contributed by atoms with E-state index < -0.39 is 0 Å². The molecule has 1 aromatic heterocycles. The van der Waals surface area contributed by atoms with Gasteiger partial charge in [-0.05, 0) is 0 Å². The van der Waals surface area contributed by atoms with Crippen molar-refractivity contribution in [1.29, 1.82) is 0 Å². The van der Waals surface area contributed by atoms with Gasteiger partial charge in [0.25, 0.3) is 0 Å². The molecule has 0 aliphatic rings. The van der Waals surface area contributed by atoms with Gasteiger partial charge in [0.2, 0.25) is 0 Å². The summed E-state index contributed by atoms with van der Waals surface area (Å²) >= 11 is 11.1. The van der Waals surface area contributed by atoms with E-state index in [1.807, 2.05) is 0 Å². The lowest BCUT2D eigenvalue weighted by Gasteiger charge is -1.96. The predicted octanol–water partition coefficient (Wildman–Crippen LogP) is 1.52. The number of aromatic nitrogens is 2. The van der Waals surface area contributed by atoms with Crippen molar-refractivity contribution in [3.63, 3.8) is 0 Å². The van der Waals surface area contributed by atoms with Gasteiger partial charge in [-0.3, -0.25) is 4.98 Å². The minimum absolute atomic E-state index is 0.170. The zero-order valence-corrected chi connectivity index (χ0v) is 6.93. The van der Waals surface area contributed by atoms with Crippen LogP contribution < -0.4 is 0 Å². The second-order valence-corrected chi connectivity index (χ2v) is 2.55. The Balaban J connectivity index is 2.98. The monoisotopic (exact) mass is 190 g/mol. The third-order valence-corrected chi connectivity index (χ3v) is 1.53. The molecule has 1 heterocycles. The number of rotatable bonds is 2. The van der Waals surface area contributed by atoms with Gasteiger partial charge in [-0.2, -0.15) is 0 Å². The number of hydrogen-bond acceptors (Lipinski definition) is 3. The van der Waals surface area contributed by atoms with Crippen molar-refractivity contribution < 1.29 is 4.79 Å². The molecule has 0 radical (unpaired) electrons. The minimum Gasteiger partial charge on any atom is -0.303 e. The van der Waals surface area contributed by atoms with Gasteiger partial charge >= 0.3 is 0 Å². The second kappa shape index (κ2) is 3.64. The first-order valence-corrected chi connectivity index (χ1v) is 3.60. The Bertz CT molecular complexity index is 277. The highest BCUT2D eigenvalue weighted by Gasteiger charge is 2.02. The van der Waals surface area contributed by atoms with E-state index in [9.17, 15) is 4.79 Å². The quantitative estimate of drug-likeness (QED) is 0.665. The van der Waals surface area contributed by atoms with Crippen LogP contribution in [0.3, 0.4) is 0 Å². The summed E-state index contributed by atoms with van der Waals surface area (Å²) in [6.07, 6.45) is 2.24. The van der Waals surface area contributed by atoms with E-state index in [2.05, 4.69) is 9.97 Å². The van der Waals surface area contributed by atoms with Crippen molar-refractivity contribution in [2.75, 3.05) is 0 Å². The van der Waals surface area contributed by atoms with Crippen LogP contribution in [0.1, 0.15) is 5.69 Å². The van der Waals surface area contributed by atoms with Crippen LogP contribution in [-0.4, -0.2) is 16.3 Å². The Morgan fingerprint density at radius 1 is 1.55 bits per heavy atom. The molecule has 0 amide bonds. The van der Waals surface area contributed by atoms with Crippen LogP contribution in [0.4, 0.5) is 0 Å². The Kier molecular flexibility index (Phi) is 2.79. The van der Waals surface area contributed by atoms with Crippen molar-refractivity contribution >= 4 is 29.5 Å². The van der Waals surface area contributed by atoms with Crippen LogP contribution >= 0.6 is 23.2 Å². The third kappa shape index (κ3) is 2.13. The molecule has 0 bridgehead atoms. The lowest BCUT2D eigenvalue weighted by molar-refractivity contribution is -0.107. The van der Waals surface area contributed by atoms with Gasteiger partial charge in [-0.1, -0.05) is 23.2 Å². The molecule has 0 saturated heterocycles. The molecule has 11 heavy (non-hydrogen) atoms. The summed E-state index contributed by atoms with van der Waals surface area (Å²) in [5, 5.41) is 0.411. The van der Waals surface area contributed by atoms with Crippen molar-refractivity contribution in [1.82, 2.24) is 9.97 Å². The number of carbonyl (C=O) groups excluding carboxylic acids is 1. The number of carbonyl (C=O) groups is 1. The Morgan fingerprint density at radius 3 is 2.82 bits per heavy atom. The molecule has 0 atom stereocenters. The maximum absolute atomic E-state index is 10.1. The maximum atomic E-state index is 10.1. The van der Waals surface area contributed by atoms with Crippen LogP contribution in [0.15, 0.2) is 6.20 Å². The highest BCUT2D eigenvalue weighted by molar-refractivity contribution is 6.32. The SMILES string of the molecule is O=CCc1ncc(Cl)nc1Cl. The summed E-state index contributed by atoms with van der Waals surface area (Å²) in [7, 11) is 0. The normalized spacial score (nSPS) is 9.64. The second-order valence-electron chi connectivity index (χ2n) is 1.80. The smallest absolute Gasteiger partial charge is 0.152 e. The molecule has 3 nitrogen and oxygen atoms in total. The van der Waals surface area contributed by atoms with Gasteiger partial charge < -0.3 is 4.79 Å². The number of halogens is 2. The Morgan fingerprint density at radius 2 is 2.27 bits per heavy atom. The molecule has 0 spiro atoms. The molecule has 5 heteroatoms. The number of aldehydes is 1. The van der Waals surface area contributed by atoms with Crippen LogP contribution in [0, 0.1) is 0 Å². The van der Waals surface area contributed by atoms with Crippen molar-refractivity contribution in [3.05, 3.63) is 22.2 Å². The molecule has 0 aromatic carbocycles. The van der Waals surface area contributed by atoms with Gasteiger partial charge in [-0.25, -0.2) is 4.98 Å². The van der Waals surface area contributed by atoms with E-state index in [-0.39, 0.29) is 16.7 Å². The van der Waals surface area contributed by atoms with Crippen molar-refractivity contribution in [3.8, 4) is 0 Å². The predicted molar refractivity (Wildman–Crippen MR) is 41.8 cm³/mol. The molecular formula is C6H4Cl2N2O. The first-order valence-electron chi connectivity index (χ1n) is 2.84. The molecule has 1 aromatic rings. The van der Waals surface area contributed by atoms with Gasteiger partial charge in [0.1, 0.15) is 11.4 Å². The van der Waals surface area contributed by atoms with Crippen molar-refractivity contribution in [2.45, 2.75) is 6.42 Å². The lowest BCUT2D eigenvalue weighted by Crippen LogP contribution is -1.94. The fraction of sp³-hybridized carbons (Fsp3) is 0.167. The van der Waals surface area contributed by atoms with Crippen LogP contribution in [0.5, 0.6) is 0 Å². The molecule has 0 fully saturated rings. The molecular weight excluding hydrogens is 187 g/mol. The minimum atomic E-state index is 0.170. The maximum Gasteiger partial charge on any atom is 0.152 e. The van der Waals surface area contributed by atoms with E-state index in [4.69, 9.17) is 23.2 Å².